The zero-order valence-corrected chi connectivity index (χ0v) is 24.1. The molecule has 7 nitrogen and oxygen atoms in total. The van der Waals surface area contributed by atoms with Gasteiger partial charge in [-0.1, -0.05) is 52.3 Å². The van der Waals surface area contributed by atoms with Crippen molar-refractivity contribution >= 4 is 54.6 Å². The van der Waals surface area contributed by atoms with Crippen molar-refractivity contribution in [2.75, 3.05) is 40.4 Å². The number of fused-ring (bicyclic) bond motifs is 1. The summed E-state index contributed by atoms with van der Waals surface area (Å²) in [6.45, 7) is 1.65. The maximum absolute atomic E-state index is 13.9. The molecule has 0 saturated carbocycles. The summed E-state index contributed by atoms with van der Waals surface area (Å²) in [5.41, 5.74) is 3.39. The summed E-state index contributed by atoms with van der Waals surface area (Å²) < 4.78 is 12.5. The zero-order valence-electron chi connectivity index (χ0n) is 20.9. The molecule has 9 heteroatoms. The number of hydrogen-bond donors (Lipinski definition) is 0. The fraction of sp³-hybridized carbons (Fsp3) is 0.207. The number of rotatable bonds is 5. The standard InChI is InChI=1S/C29H25Br2N3O4/c1-37-25-10-6-9-20(27(25)38-2)28(35)33-11-13-34(14-12-33)29(36)22-17-24(18-7-4-3-5-8-18)32-26-21(22)15-19(30)16-23(26)31/h3-10,15-17H,11-14H2,1-2H3. The van der Waals surface area contributed by atoms with E-state index in [1.165, 1.54) is 7.11 Å². The highest BCUT2D eigenvalue weighted by molar-refractivity contribution is 9.11. The second-order valence-electron chi connectivity index (χ2n) is 8.83. The van der Waals surface area contributed by atoms with Gasteiger partial charge in [0.2, 0.25) is 0 Å². The molecule has 0 radical (unpaired) electrons. The summed E-state index contributed by atoms with van der Waals surface area (Å²) >= 11 is 7.17. The highest BCUT2D eigenvalue weighted by Gasteiger charge is 2.29. The second-order valence-corrected chi connectivity index (χ2v) is 10.6. The number of amides is 2. The molecule has 0 atom stereocenters. The van der Waals surface area contributed by atoms with Crippen LogP contribution in [0.4, 0.5) is 0 Å². The normalized spacial score (nSPS) is 13.5. The van der Waals surface area contributed by atoms with Gasteiger partial charge in [-0.3, -0.25) is 9.59 Å². The number of benzene rings is 3. The van der Waals surface area contributed by atoms with Gasteiger partial charge in [0.15, 0.2) is 11.5 Å². The molecule has 3 aromatic carbocycles. The smallest absolute Gasteiger partial charge is 0.257 e. The van der Waals surface area contributed by atoms with E-state index in [9.17, 15) is 9.59 Å². The minimum absolute atomic E-state index is 0.0920. The molecule has 4 aromatic rings. The van der Waals surface area contributed by atoms with Crippen LogP contribution in [0, 0.1) is 0 Å². The molecule has 1 fully saturated rings. The van der Waals surface area contributed by atoms with Crippen molar-refractivity contribution in [3.05, 3.63) is 86.8 Å². The quantitative estimate of drug-likeness (QED) is 0.266. The summed E-state index contributed by atoms with van der Waals surface area (Å²) in [6, 6.07) is 20.8. The predicted molar refractivity (Wildman–Crippen MR) is 154 cm³/mol. The molecule has 2 amide bonds. The van der Waals surface area contributed by atoms with Gasteiger partial charge in [-0.05, 0) is 46.3 Å². The van der Waals surface area contributed by atoms with Crippen molar-refractivity contribution in [1.82, 2.24) is 14.8 Å². The molecular weight excluding hydrogens is 614 g/mol. The lowest BCUT2D eigenvalue weighted by molar-refractivity contribution is 0.0534. The molecule has 38 heavy (non-hydrogen) atoms. The van der Waals surface area contributed by atoms with Crippen LogP contribution in [-0.4, -0.2) is 67.0 Å². The van der Waals surface area contributed by atoms with E-state index in [1.807, 2.05) is 48.5 Å². The summed E-state index contributed by atoms with van der Waals surface area (Å²) in [4.78, 5) is 35.6. The summed E-state index contributed by atoms with van der Waals surface area (Å²) in [6.07, 6.45) is 0. The van der Waals surface area contributed by atoms with E-state index in [4.69, 9.17) is 14.5 Å². The average Bonchev–Trinajstić information content (AvgIpc) is 2.96. The number of nitrogens with zero attached hydrogens (tertiary/aromatic N) is 3. The van der Waals surface area contributed by atoms with Crippen LogP contribution in [0.1, 0.15) is 20.7 Å². The number of methoxy groups -OCH3 is 2. The Morgan fingerprint density at radius 1 is 0.789 bits per heavy atom. The van der Waals surface area contributed by atoms with Crippen molar-refractivity contribution in [1.29, 1.82) is 0 Å². The minimum atomic E-state index is -0.151. The highest BCUT2D eigenvalue weighted by atomic mass is 79.9. The molecule has 194 valence electrons. The van der Waals surface area contributed by atoms with Crippen molar-refractivity contribution in [2.24, 2.45) is 0 Å². The molecule has 0 aliphatic carbocycles. The number of piperazine rings is 1. The number of pyridine rings is 1. The van der Waals surface area contributed by atoms with Gasteiger partial charge in [-0.25, -0.2) is 4.98 Å². The van der Waals surface area contributed by atoms with E-state index in [0.29, 0.717) is 48.8 Å². The third-order valence-corrected chi connectivity index (χ3v) is 7.68. The van der Waals surface area contributed by atoms with Crippen LogP contribution in [0.25, 0.3) is 22.2 Å². The van der Waals surface area contributed by atoms with Gasteiger partial charge in [-0.2, -0.15) is 0 Å². The second kappa shape index (κ2) is 11.1. The van der Waals surface area contributed by atoms with Gasteiger partial charge in [0, 0.05) is 46.1 Å². The Balaban J connectivity index is 1.43. The third-order valence-electron chi connectivity index (χ3n) is 6.62. The molecule has 1 aromatic heterocycles. The molecular formula is C29H25Br2N3O4. The lowest BCUT2D eigenvalue weighted by Crippen LogP contribution is -2.50. The van der Waals surface area contributed by atoms with Gasteiger partial charge in [-0.15, -0.1) is 0 Å². The highest BCUT2D eigenvalue weighted by Crippen LogP contribution is 2.34. The molecule has 0 bridgehead atoms. The maximum Gasteiger partial charge on any atom is 0.257 e. The van der Waals surface area contributed by atoms with Gasteiger partial charge >= 0.3 is 0 Å². The Labute approximate surface area is 237 Å². The number of carbonyl (C=O) groups is 2. The van der Waals surface area contributed by atoms with Crippen LogP contribution < -0.4 is 9.47 Å². The first-order valence-electron chi connectivity index (χ1n) is 12.1. The van der Waals surface area contributed by atoms with E-state index in [2.05, 4.69) is 31.9 Å². The van der Waals surface area contributed by atoms with E-state index in [0.717, 1.165) is 31.1 Å². The van der Waals surface area contributed by atoms with Crippen molar-refractivity contribution < 1.29 is 19.1 Å². The largest absolute Gasteiger partial charge is 0.493 e. The number of para-hydroxylation sites is 1. The van der Waals surface area contributed by atoms with Crippen LogP contribution in [0.2, 0.25) is 0 Å². The molecule has 1 saturated heterocycles. The fourth-order valence-electron chi connectivity index (χ4n) is 4.69. The maximum atomic E-state index is 13.9. The number of aromatic nitrogens is 1. The molecule has 5 rings (SSSR count). The number of hydrogen-bond acceptors (Lipinski definition) is 5. The lowest BCUT2D eigenvalue weighted by atomic mass is 10.0. The van der Waals surface area contributed by atoms with Crippen LogP contribution in [-0.2, 0) is 0 Å². The predicted octanol–water partition coefficient (Wildman–Crippen LogP) is 6.04. The zero-order chi connectivity index (χ0) is 26.8. The van der Waals surface area contributed by atoms with E-state index in [1.54, 1.807) is 35.1 Å². The molecule has 0 N–H and O–H groups in total. The first-order valence-corrected chi connectivity index (χ1v) is 13.6. The van der Waals surface area contributed by atoms with Crippen molar-refractivity contribution in [3.63, 3.8) is 0 Å². The molecule has 0 unspecified atom stereocenters. The summed E-state index contributed by atoms with van der Waals surface area (Å²) in [5.74, 6) is 0.668. The fourth-order valence-corrected chi connectivity index (χ4v) is 6.01. The Hall–Kier alpha value is -3.43. The van der Waals surface area contributed by atoms with E-state index in [-0.39, 0.29) is 11.8 Å². The summed E-state index contributed by atoms with van der Waals surface area (Å²) in [7, 11) is 3.06. The summed E-state index contributed by atoms with van der Waals surface area (Å²) in [5, 5.41) is 0.760. The van der Waals surface area contributed by atoms with Crippen molar-refractivity contribution in [3.8, 4) is 22.8 Å². The van der Waals surface area contributed by atoms with E-state index < -0.39 is 0 Å². The lowest BCUT2D eigenvalue weighted by Gasteiger charge is -2.35. The average molecular weight is 639 g/mol. The minimum Gasteiger partial charge on any atom is -0.493 e. The number of ether oxygens (including phenoxy) is 2. The molecule has 0 spiro atoms. The Bertz CT molecular complexity index is 1520. The number of halogens is 2. The number of carbonyl (C=O) groups excluding carboxylic acids is 2. The van der Waals surface area contributed by atoms with Gasteiger partial charge < -0.3 is 19.3 Å². The Morgan fingerprint density at radius 3 is 2.08 bits per heavy atom. The van der Waals surface area contributed by atoms with Crippen LogP contribution in [0.3, 0.4) is 0 Å². The monoisotopic (exact) mass is 637 g/mol. The SMILES string of the molecule is COc1cccc(C(=O)N2CCN(C(=O)c3cc(-c4ccccc4)nc4c(Br)cc(Br)cc34)CC2)c1OC. The van der Waals surface area contributed by atoms with Gasteiger partial charge in [0.25, 0.3) is 11.8 Å². The third kappa shape index (κ3) is 5.00. The Morgan fingerprint density at radius 2 is 1.45 bits per heavy atom. The first-order chi connectivity index (χ1) is 18.4. The van der Waals surface area contributed by atoms with Crippen LogP contribution in [0.5, 0.6) is 11.5 Å². The van der Waals surface area contributed by atoms with Gasteiger partial charge in [0.05, 0.1) is 36.6 Å². The Kier molecular flexibility index (Phi) is 7.67. The first kappa shape index (κ1) is 26.2. The van der Waals surface area contributed by atoms with Gasteiger partial charge in [0.1, 0.15) is 0 Å². The topological polar surface area (TPSA) is 72.0 Å². The van der Waals surface area contributed by atoms with Crippen LogP contribution in [0.15, 0.2) is 75.7 Å². The molecule has 1 aliphatic heterocycles. The van der Waals surface area contributed by atoms with E-state index >= 15 is 0 Å². The molecule has 1 aliphatic rings. The molecule has 2 heterocycles. The van der Waals surface area contributed by atoms with Crippen molar-refractivity contribution in [2.45, 2.75) is 0 Å². The van der Waals surface area contributed by atoms with Crippen LogP contribution >= 0.6 is 31.9 Å².